The molecule has 5 heteroatoms. The maximum absolute atomic E-state index is 12.9. The zero-order valence-electron chi connectivity index (χ0n) is 14.0. The Bertz CT molecular complexity index is 541. The van der Waals surface area contributed by atoms with E-state index in [1.165, 1.54) is 50.7 Å². The van der Waals surface area contributed by atoms with E-state index in [2.05, 4.69) is 16.8 Å². The number of nitrogens with zero attached hydrogens (tertiary/aromatic N) is 2. The zero-order valence-corrected chi connectivity index (χ0v) is 14.0. The lowest BCUT2D eigenvalue weighted by atomic mass is 9.99. The van der Waals surface area contributed by atoms with Crippen molar-refractivity contribution in [2.45, 2.75) is 69.6 Å². The summed E-state index contributed by atoms with van der Waals surface area (Å²) in [6.07, 6.45) is 8.02. The summed E-state index contributed by atoms with van der Waals surface area (Å²) >= 11 is 0. The fourth-order valence-corrected chi connectivity index (χ4v) is 2.85. The molecule has 0 atom stereocenters. The Balaban J connectivity index is 1.64. The van der Waals surface area contributed by atoms with E-state index in [4.69, 9.17) is 0 Å². The average Bonchev–Trinajstić information content (AvgIpc) is 3.35. The molecule has 0 amide bonds. The van der Waals surface area contributed by atoms with Crippen LogP contribution in [0.1, 0.15) is 62.5 Å². The maximum Gasteiger partial charge on any atom is 0.442 e. The SMILES string of the molecule is C=CCCCCCCCCCc1ccc(C2(C(F)(F)F)N=N2)cc1. The van der Waals surface area contributed by atoms with Crippen LogP contribution in [0.25, 0.3) is 0 Å². The second kappa shape index (κ2) is 8.45. The van der Waals surface area contributed by atoms with Crippen LogP contribution < -0.4 is 0 Å². The third-order valence-corrected chi connectivity index (χ3v) is 4.43. The highest BCUT2D eigenvalue weighted by Crippen LogP contribution is 2.52. The van der Waals surface area contributed by atoms with Gasteiger partial charge in [0.1, 0.15) is 0 Å². The molecule has 1 aliphatic heterocycles. The molecular weight excluding hydrogens is 313 g/mol. The van der Waals surface area contributed by atoms with Gasteiger partial charge in [-0.15, -0.1) is 16.8 Å². The number of halogens is 3. The van der Waals surface area contributed by atoms with Gasteiger partial charge in [-0.1, -0.05) is 62.4 Å². The van der Waals surface area contributed by atoms with E-state index in [1.807, 2.05) is 6.08 Å². The normalized spacial score (nSPS) is 15.5. The molecule has 0 saturated carbocycles. The Morgan fingerprint density at radius 2 is 1.42 bits per heavy atom. The van der Waals surface area contributed by atoms with Gasteiger partial charge < -0.3 is 0 Å². The highest BCUT2D eigenvalue weighted by molar-refractivity contribution is 5.32. The number of hydrogen-bond acceptors (Lipinski definition) is 2. The summed E-state index contributed by atoms with van der Waals surface area (Å²) in [5.41, 5.74) is -1.11. The predicted octanol–water partition coefficient (Wildman–Crippen LogP) is 6.72. The lowest BCUT2D eigenvalue weighted by molar-refractivity contribution is -0.166. The predicted molar refractivity (Wildman–Crippen MR) is 89.9 cm³/mol. The summed E-state index contributed by atoms with van der Waals surface area (Å²) in [4.78, 5) is 0. The smallest absolute Gasteiger partial charge is 0.166 e. The molecule has 1 heterocycles. The van der Waals surface area contributed by atoms with E-state index < -0.39 is 11.8 Å². The summed E-state index contributed by atoms with van der Waals surface area (Å²) in [5, 5.41) is 6.44. The minimum Gasteiger partial charge on any atom is -0.166 e. The van der Waals surface area contributed by atoms with Crippen LogP contribution in [0.4, 0.5) is 13.2 Å². The average molecular weight is 338 g/mol. The van der Waals surface area contributed by atoms with Gasteiger partial charge in [-0.2, -0.15) is 13.2 Å². The molecule has 0 N–H and O–H groups in total. The zero-order chi connectivity index (χ0) is 17.5. The number of unbranched alkanes of at least 4 members (excludes halogenated alkanes) is 7. The highest BCUT2D eigenvalue weighted by atomic mass is 19.4. The van der Waals surface area contributed by atoms with Crippen LogP contribution in [-0.2, 0) is 12.1 Å². The van der Waals surface area contributed by atoms with Crippen LogP contribution in [0.5, 0.6) is 0 Å². The summed E-state index contributed by atoms with van der Waals surface area (Å²) in [7, 11) is 0. The van der Waals surface area contributed by atoms with Crippen molar-refractivity contribution >= 4 is 0 Å². The Morgan fingerprint density at radius 1 is 0.875 bits per heavy atom. The van der Waals surface area contributed by atoms with Gasteiger partial charge in [-0.25, -0.2) is 0 Å². The van der Waals surface area contributed by atoms with E-state index in [0.29, 0.717) is 0 Å². The molecule has 24 heavy (non-hydrogen) atoms. The van der Waals surface area contributed by atoms with Gasteiger partial charge in [0.05, 0.1) is 0 Å². The third kappa shape index (κ3) is 4.92. The molecule has 1 aromatic rings. The van der Waals surface area contributed by atoms with Crippen molar-refractivity contribution in [2.24, 2.45) is 10.2 Å². The Hall–Kier alpha value is -1.65. The van der Waals surface area contributed by atoms with Gasteiger partial charge in [0.15, 0.2) is 0 Å². The largest absolute Gasteiger partial charge is 0.442 e. The molecule has 0 aromatic heterocycles. The number of hydrogen-bond donors (Lipinski definition) is 0. The minimum atomic E-state index is -4.44. The molecule has 0 aliphatic carbocycles. The number of allylic oxidation sites excluding steroid dienone is 1. The van der Waals surface area contributed by atoms with Crippen LogP contribution in [0.15, 0.2) is 47.1 Å². The minimum absolute atomic E-state index is 0.110. The quantitative estimate of drug-likeness (QED) is 0.316. The van der Waals surface area contributed by atoms with Crippen molar-refractivity contribution in [3.05, 3.63) is 48.0 Å². The van der Waals surface area contributed by atoms with Crippen molar-refractivity contribution in [2.75, 3.05) is 0 Å². The molecule has 1 aliphatic rings. The molecule has 0 spiro atoms. The first-order valence-corrected chi connectivity index (χ1v) is 8.71. The number of benzene rings is 1. The Morgan fingerprint density at radius 3 is 1.92 bits per heavy atom. The van der Waals surface area contributed by atoms with Crippen LogP contribution in [0, 0.1) is 0 Å². The molecule has 0 unspecified atom stereocenters. The molecular formula is C19H25F3N2. The molecule has 0 saturated heterocycles. The lowest BCUT2D eigenvalue weighted by Crippen LogP contribution is -2.30. The van der Waals surface area contributed by atoms with Gasteiger partial charge in [0.2, 0.25) is 0 Å². The second-order valence-electron chi connectivity index (χ2n) is 6.37. The fourth-order valence-electron chi connectivity index (χ4n) is 2.85. The first-order chi connectivity index (χ1) is 11.5. The molecule has 1 aromatic carbocycles. The second-order valence-corrected chi connectivity index (χ2v) is 6.37. The molecule has 2 nitrogen and oxygen atoms in total. The van der Waals surface area contributed by atoms with Crippen molar-refractivity contribution in [1.82, 2.24) is 0 Å². The number of alkyl halides is 3. The van der Waals surface area contributed by atoms with Crippen molar-refractivity contribution in [3.63, 3.8) is 0 Å². The standard InChI is InChI=1S/C19H25F3N2/c1-2-3-4-5-6-7-8-9-10-11-16-12-14-17(15-13-16)18(23-24-18)19(20,21)22/h2,12-15H,1,3-11H2. The topological polar surface area (TPSA) is 24.7 Å². The summed E-state index contributed by atoms with van der Waals surface area (Å²) in [6.45, 7) is 3.72. The van der Waals surface area contributed by atoms with Gasteiger partial charge >= 0.3 is 11.8 Å². The first kappa shape index (κ1) is 18.7. The fraction of sp³-hybridized carbons (Fsp3) is 0.579. The van der Waals surface area contributed by atoms with Crippen LogP contribution >= 0.6 is 0 Å². The van der Waals surface area contributed by atoms with E-state index in [-0.39, 0.29) is 5.56 Å². The van der Waals surface area contributed by atoms with Crippen LogP contribution in [-0.4, -0.2) is 6.18 Å². The van der Waals surface area contributed by atoms with Crippen molar-refractivity contribution in [1.29, 1.82) is 0 Å². The van der Waals surface area contributed by atoms with Crippen molar-refractivity contribution in [3.8, 4) is 0 Å². The van der Waals surface area contributed by atoms with Crippen molar-refractivity contribution < 1.29 is 13.2 Å². The molecule has 0 fully saturated rings. The first-order valence-electron chi connectivity index (χ1n) is 8.71. The monoisotopic (exact) mass is 338 g/mol. The lowest BCUT2D eigenvalue weighted by Gasteiger charge is -2.15. The third-order valence-electron chi connectivity index (χ3n) is 4.43. The van der Waals surface area contributed by atoms with E-state index in [9.17, 15) is 13.2 Å². The summed E-state index contributed by atoms with van der Waals surface area (Å²) < 4.78 is 38.7. The van der Waals surface area contributed by atoms with Crippen LogP contribution in [0.2, 0.25) is 0 Å². The number of aryl methyl sites for hydroxylation is 1. The van der Waals surface area contributed by atoms with Gasteiger partial charge in [-0.3, -0.25) is 0 Å². The van der Waals surface area contributed by atoms with E-state index in [1.54, 1.807) is 12.1 Å². The molecule has 2 rings (SSSR count). The highest BCUT2D eigenvalue weighted by Gasteiger charge is 2.65. The van der Waals surface area contributed by atoms with Gasteiger partial charge in [-0.05, 0) is 31.2 Å². The molecule has 132 valence electrons. The Labute approximate surface area is 141 Å². The van der Waals surface area contributed by atoms with Gasteiger partial charge in [0, 0.05) is 5.56 Å². The van der Waals surface area contributed by atoms with E-state index >= 15 is 0 Å². The maximum atomic E-state index is 12.9. The van der Waals surface area contributed by atoms with E-state index in [0.717, 1.165) is 24.8 Å². The van der Waals surface area contributed by atoms with Crippen LogP contribution in [0.3, 0.4) is 0 Å². The molecule has 0 radical (unpaired) electrons. The Kier molecular flexibility index (Phi) is 6.58. The summed E-state index contributed by atoms with van der Waals surface area (Å²) in [6, 6.07) is 6.54. The van der Waals surface area contributed by atoms with Gasteiger partial charge in [0.25, 0.3) is 0 Å². The number of rotatable bonds is 11. The molecule has 0 bridgehead atoms. The summed E-state index contributed by atoms with van der Waals surface area (Å²) in [5.74, 6) is 0.